The van der Waals surface area contributed by atoms with Gasteiger partial charge in [-0.3, -0.25) is 4.79 Å². The topological polar surface area (TPSA) is 55.8 Å². The molecule has 3 saturated carbocycles. The number of ether oxygens (including phenoxy) is 2. The number of Topliss-reactive ketones (excluding diaryl/α,β-unsaturated/α-hetero) is 1. The monoisotopic (exact) mass is 374 g/mol. The Kier molecular flexibility index (Phi) is 3.85. The van der Waals surface area contributed by atoms with Gasteiger partial charge in [-0.1, -0.05) is 26.8 Å². The Morgan fingerprint density at radius 2 is 1.81 bits per heavy atom. The molecule has 1 N–H and O–H groups in total. The van der Waals surface area contributed by atoms with E-state index in [1.165, 1.54) is 5.57 Å². The Balaban J connectivity index is 1.40. The van der Waals surface area contributed by atoms with Crippen molar-refractivity contribution in [3.63, 3.8) is 0 Å². The Hall–Kier alpha value is -0.710. The number of fused-ring (bicyclic) bond motifs is 5. The molecule has 4 heteroatoms. The lowest BCUT2D eigenvalue weighted by molar-refractivity contribution is -0.327. The number of hydrogen-bond donors (Lipinski definition) is 1. The Morgan fingerprint density at radius 3 is 2.56 bits per heavy atom. The molecule has 0 amide bonds. The van der Waals surface area contributed by atoms with E-state index >= 15 is 0 Å². The zero-order valence-electron chi connectivity index (χ0n) is 17.1. The standard InChI is InChI=1S/C23H34O4/c1-20(2)13-26-22(27-14-20)10-11-23(25)15(12-22)4-5-16-17-6-7-19(24)21(17,3)9-8-18(16)23/h8,15-17,25H,4-7,9-14H2,1-3H3/t15?,16?,17?,21-,23-/m0/s1. The minimum absolute atomic E-state index is 0.0715. The number of allylic oxidation sites excluding steroid dienone is 1. The van der Waals surface area contributed by atoms with Gasteiger partial charge in [-0.25, -0.2) is 0 Å². The third-order valence-corrected chi connectivity index (χ3v) is 8.67. The lowest BCUT2D eigenvalue weighted by Crippen LogP contribution is -2.59. The van der Waals surface area contributed by atoms with Crippen molar-refractivity contribution in [1.29, 1.82) is 0 Å². The molecule has 4 nitrogen and oxygen atoms in total. The molecule has 1 heterocycles. The van der Waals surface area contributed by atoms with Gasteiger partial charge in [0.1, 0.15) is 5.78 Å². The van der Waals surface area contributed by atoms with Gasteiger partial charge in [-0.2, -0.15) is 0 Å². The highest BCUT2D eigenvalue weighted by molar-refractivity contribution is 5.87. The van der Waals surface area contributed by atoms with Crippen LogP contribution in [0.4, 0.5) is 0 Å². The first-order valence-electron chi connectivity index (χ1n) is 10.9. The molecule has 27 heavy (non-hydrogen) atoms. The van der Waals surface area contributed by atoms with Gasteiger partial charge >= 0.3 is 0 Å². The highest BCUT2D eigenvalue weighted by Gasteiger charge is 2.60. The lowest BCUT2D eigenvalue weighted by Gasteiger charge is -2.57. The van der Waals surface area contributed by atoms with Crippen LogP contribution in [0.5, 0.6) is 0 Å². The van der Waals surface area contributed by atoms with Gasteiger partial charge in [0.25, 0.3) is 0 Å². The van der Waals surface area contributed by atoms with Crippen molar-refractivity contribution in [3.05, 3.63) is 11.6 Å². The van der Waals surface area contributed by atoms with Crippen molar-refractivity contribution in [3.8, 4) is 0 Å². The second-order valence-electron chi connectivity index (χ2n) is 11.0. The summed E-state index contributed by atoms with van der Waals surface area (Å²) >= 11 is 0. The minimum atomic E-state index is -0.721. The first-order valence-corrected chi connectivity index (χ1v) is 10.9. The molecule has 3 unspecified atom stereocenters. The molecule has 0 aromatic rings. The first-order chi connectivity index (χ1) is 12.7. The summed E-state index contributed by atoms with van der Waals surface area (Å²) < 4.78 is 12.5. The number of carbonyl (C=O) groups excluding carboxylic acids is 1. The van der Waals surface area contributed by atoms with Gasteiger partial charge < -0.3 is 14.6 Å². The Labute approximate surface area is 162 Å². The highest BCUT2D eigenvalue weighted by Crippen LogP contribution is 2.61. The quantitative estimate of drug-likeness (QED) is 0.651. The zero-order valence-corrected chi connectivity index (χ0v) is 17.1. The van der Waals surface area contributed by atoms with E-state index in [0.29, 0.717) is 17.6 Å². The average Bonchev–Trinajstić information content (AvgIpc) is 2.94. The summed E-state index contributed by atoms with van der Waals surface area (Å²) in [5.41, 5.74) is 0.416. The van der Waals surface area contributed by atoms with E-state index in [1.807, 2.05) is 0 Å². The molecule has 0 aromatic carbocycles. The van der Waals surface area contributed by atoms with E-state index in [9.17, 15) is 9.90 Å². The van der Waals surface area contributed by atoms with E-state index < -0.39 is 11.4 Å². The fourth-order valence-electron chi connectivity index (χ4n) is 6.88. The number of hydrogen-bond acceptors (Lipinski definition) is 4. The molecule has 0 radical (unpaired) electrons. The van der Waals surface area contributed by atoms with E-state index in [1.54, 1.807) is 0 Å². The van der Waals surface area contributed by atoms with E-state index in [2.05, 4.69) is 26.8 Å². The van der Waals surface area contributed by atoms with Crippen molar-refractivity contribution >= 4 is 5.78 Å². The number of aliphatic hydroxyl groups is 1. The molecule has 5 atom stereocenters. The van der Waals surface area contributed by atoms with Gasteiger partial charge in [0, 0.05) is 30.1 Å². The Morgan fingerprint density at radius 1 is 1.07 bits per heavy atom. The maximum Gasteiger partial charge on any atom is 0.168 e. The van der Waals surface area contributed by atoms with Crippen LogP contribution in [-0.4, -0.2) is 35.5 Å². The summed E-state index contributed by atoms with van der Waals surface area (Å²) in [6, 6.07) is 0. The van der Waals surface area contributed by atoms with Gasteiger partial charge in [-0.05, 0) is 55.4 Å². The maximum absolute atomic E-state index is 12.5. The molecule has 1 aliphatic heterocycles. The summed E-state index contributed by atoms with van der Waals surface area (Å²) in [6.45, 7) is 7.98. The zero-order chi connectivity index (χ0) is 19.1. The molecular formula is C23H34O4. The second kappa shape index (κ2) is 5.67. The van der Waals surface area contributed by atoms with Crippen molar-refractivity contribution in [2.45, 2.75) is 83.5 Å². The molecule has 5 rings (SSSR count). The van der Waals surface area contributed by atoms with Gasteiger partial charge in [0.15, 0.2) is 5.79 Å². The summed E-state index contributed by atoms with van der Waals surface area (Å²) in [6.07, 6.45) is 9.17. The summed E-state index contributed by atoms with van der Waals surface area (Å²) in [4.78, 5) is 12.5. The second-order valence-corrected chi connectivity index (χ2v) is 11.0. The summed E-state index contributed by atoms with van der Waals surface area (Å²) in [5.74, 6) is 0.959. The highest BCUT2D eigenvalue weighted by atomic mass is 16.7. The summed E-state index contributed by atoms with van der Waals surface area (Å²) in [5, 5.41) is 11.8. The van der Waals surface area contributed by atoms with Gasteiger partial charge in [-0.15, -0.1) is 0 Å². The van der Waals surface area contributed by atoms with Crippen LogP contribution in [0, 0.1) is 28.6 Å². The van der Waals surface area contributed by atoms with Crippen molar-refractivity contribution < 1.29 is 19.4 Å². The summed E-state index contributed by atoms with van der Waals surface area (Å²) in [7, 11) is 0. The Bertz CT molecular complexity index is 684. The van der Waals surface area contributed by atoms with Crippen molar-refractivity contribution in [2.24, 2.45) is 28.6 Å². The van der Waals surface area contributed by atoms with Gasteiger partial charge in [0.05, 0.1) is 18.8 Å². The van der Waals surface area contributed by atoms with E-state index in [0.717, 1.165) is 64.6 Å². The molecule has 1 spiro atoms. The molecule has 0 aromatic heterocycles. The normalized spacial score (nSPS) is 47.8. The van der Waals surface area contributed by atoms with Crippen molar-refractivity contribution in [2.75, 3.05) is 13.2 Å². The SMILES string of the molecule is CC1(C)COC2(CC[C@@]3(O)C4=CC[C@]5(C)C(=O)CCC5C4CCC3C2)OC1. The molecule has 150 valence electrons. The molecule has 4 fully saturated rings. The van der Waals surface area contributed by atoms with Crippen LogP contribution >= 0.6 is 0 Å². The third kappa shape index (κ3) is 2.55. The number of rotatable bonds is 0. The number of ketones is 1. The smallest absolute Gasteiger partial charge is 0.168 e. The van der Waals surface area contributed by atoms with Crippen molar-refractivity contribution in [1.82, 2.24) is 0 Å². The van der Waals surface area contributed by atoms with Crippen LogP contribution in [0.3, 0.4) is 0 Å². The van der Waals surface area contributed by atoms with Crippen LogP contribution in [0.2, 0.25) is 0 Å². The minimum Gasteiger partial charge on any atom is -0.385 e. The maximum atomic E-state index is 12.5. The first kappa shape index (κ1) is 18.3. The largest absolute Gasteiger partial charge is 0.385 e. The van der Waals surface area contributed by atoms with Crippen LogP contribution in [0.25, 0.3) is 0 Å². The molecule has 1 saturated heterocycles. The number of carbonyl (C=O) groups is 1. The lowest BCUT2D eigenvalue weighted by atomic mass is 9.52. The van der Waals surface area contributed by atoms with E-state index in [4.69, 9.17) is 9.47 Å². The van der Waals surface area contributed by atoms with E-state index in [-0.39, 0.29) is 16.7 Å². The van der Waals surface area contributed by atoms with Crippen LogP contribution in [0.15, 0.2) is 11.6 Å². The molecular weight excluding hydrogens is 340 g/mol. The van der Waals surface area contributed by atoms with Crippen LogP contribution < -0.4 is 0 Å². The molecule has 0 bridgehead atoms. The average molecular weight is 375 g/mol. The fraction of sp³-hybridized carbons (Fsp3) is 0.870. The molecule has 4 aliphatic carbocycles. The van der Waals surface area contributed by atoms with Crippen LogP contribution in [0.1, 0.15) is 72.1 Å². The molecule has 5 aliphatic rings. The third-order valence-electron chi connectivity index (χ3n) is 8.67. The van der Waals surface area contributed by atoms with Gasteiger partial charge in [0.2, 0.25) is 0 Å². The predicted molar refractivity (Wildman–Crippen MR) is 102 cm³/mol. The fourth-order valence-corrected chi connectivity index (χ4v) is 6.88. The van der Waals surface area contributed by atoms with Crippen LogP contribution in [-0.2, 0) is 14.3 Å². The predicted octanol–water partition coefficient (Wildman–Crippen LogP) is 4.01.